The molecule has 0 saturated heterocycles. The lowest BCUT2D eigenvalue weighted by atomic mass is 10.0. The summed E-state index contributed by atoms with van der Waals surface area (Å²) in [5.74, 6) is -0.143. The van der Waals surface area contributed by atoms with E-state index in [-0.39, 0.29) is 18.1 Å². The molecule has 0 aromatic carbocycles. The molecular weight excluding hydrogens is 268 g/mol. The Morgan fingerprint density at radius 1 is 1.42 bits per heavy atom. The van der Waals surface area contributed by atoms with E-state index >= 15 is 0 Å². The van der Waals surface area contributed by atoms with Crippen molar-refractivity contribution in [1.29, 1.82) is 0 Å². The van der Waals surface area contributed by atoms with Crippen LogP contribution in [0.1, 0.15) is 11.5 Å². The van der Waals surface area contributed by atoms with E-state index in [1.165, 1.54) is 6.07 Å². The summed E-state index contributed by atoms with van der Waals surface area (Å²) < 4.78 is 28.6. The lowest BCUT2D eigenvalue weighted by molar-refractivity contribution is 0.288. The molecule has 19 heavy (non-hydrogen) atoms. The summed E-state index contributed by atoms with van der Waals surface area (Å²) in [6.07, 6.45) is 2.68. The number of hydrogen-bond acceptors (Lipinski definition) is 5. The van der Waals surface area contributed by atoms with E-state index in [0.717, 1.165) is 22.9 Å². The molecule has 0 unspecified atom stereocenters. The Morgan fingerprint density at radius 2 is 2.21 bits per heavy atom. The van der Waals surface area contributed by atoms with E-state index in [9.17, 15) is 13.2 Å². The van der Waals surface area contributed by atoms with Gasteiger partial charge in [-0.25, -0.2) is 0 Å². The minimum atomic E-state index is -3.48. The molecular formula is C12H12N2O4S. The van der Waals surface area contributed by atoms with Crippen molar-refractivity contribution < 1.29 is 12.6 Å². The third-order valence-corrected chi connectivity index (χ3v) is 3.79. The molecule has 100 valence electrons. The zero-order valence-corrected chi connectivity index (χ0v) is 11.1. The molecule has 0 aliphatic carbocycles. The molecule has 2 aromatic heterocycles. The average Bonchev–Trinajstić information content (AvgIpc) is 2.72. The van der Waals surface area contributed by atoms with Crippen LogP contribution in [0.15, 0.2) is 29.2 Å². The molecule has 1 aliphatic heterocycles. The van der Waals surface area contributed by atoms with E-state index in [0.29, 0.717) is 6.54 Å². The first-order chi connectivity index (χ1) is 8.96. The quantitative estimate of drug-likeness (QED) is 0.764. The zero-order valence-electron chi connectivity index (χ0n) is 10.2. The van der Waals surface area contributed by atoms with Crippen LogP contribution in [0.3, 0.4) is 0 Å². The third kappa shape index (κ3) is 2.15. The highest BCUT2D eigenvalue weighted by Gasteiger charge is 2.26. The summed E-state index contributed by atoms with van der Waals surface area (Å²) in [6.45, 7) is 0.464. The predicted octanol–water partition coefficient (Wildman–Crippen LogP) is 0.470. The van der Waals surface area contributed by atoms with E-state index in [1.807, 2.05) is 6.07 Å². The summed E-state index contributed by atoms with van der Waals surface area (Å²) in [4.78, 5) is 16.0. The molecule has 0 fully saturated rings. The van der Waals surface area contributed by atoms with Gasteiger partial charge in [-0.15, -0.1) is 0 Å². The van der Waals surface area contributed by atoms with Crippen LogP contribution in [0, 0.1) is 0 Å². The summed E-state index contributed by atoms with van der Waals surface area (Å²) >= 11 is 0. The van der Waals surface area contributed by atoms with Gasteiger partial charge in [0.15, 0.2) is 0 Å². The second-order valence-corrected chi connectivity index (χ2v) is 6.25. The van der Waals surface area contributed by atoms with Crippen LogP contribution in [0.5, 0.6) is 0 Å². The van der Waals surface area contributed by atoms with Gasteiger partial charge in [-0.05, 0) is 17.7 Å². The van der Waals surface area contributed by atoms with Gasteiger partial charge in [-0.2, -0.15) is 8.42 Å². The normalized spacial score (nSPS) is 18.1. The third-order valence-electron chi connectivity index (χ3n) is 3.23. The highest BCUT2D eigenvalue weighted by Crippen LogP contribution is 2.31. The largest absolute Gasteiger partial charge is 0.306 e. The number of aromatic nitrogens is 2. The standard InChI is InChI=1S/C12H12N2O4S/c1-19(16,17)18-7-8-6-14-11(15)3-2-10-12(14)9(8)4-5-13-10/h2-5,8H,6-7H2,1H3/t8-/m0/s1. The molecule has 0 amide bonds. The van der Waals surface area contributed by atoms with E-state index < -0.39 is 10.1 Å². The highest BCUT2D eigenvalue weighted by molar-refractivity contribution is 7.85. The van der Waals surface area contributed by atoms with Crippen LogP contribution < -0.4 is 5.56 Å². The maximum absolute atomic E-state index is 11.8. The average molecular weight is 280 g/mol. The van der Waals surface area contributed by atoms with Crippen molar-refractivity contribution in [3.05, 3.63) is 40.3 Å². The van der Waals surface area contributed by atoms with E-state index in [1.54, 1.807) is 16.8 Å². The molecule has 0 bridgehead atoms. The van der Waals surface area contributed by atoms with Gasteiger partial charge in [0.2, 0.25) is 0 Å². The Balaban J connectivity index is 2.06. The van der Waals surface area contributed by atoms with Gasteiger partial charge in [-0.1, -0.05) is 0 Å². The number of rotatable bonds is 3. The van der Waals surface area contributed by atoms with Gasteiger partial charge in [0.1, 0.15) is 0 Å². The van der Waals surface area contributed by atoms with Crippen molar-refractivity contribution in [3.8, 4) is 0 Å². The Labute approximate surface area is 109 Å². The molecule has 3 heterocycles. The van der Waals surface area contributed by atoms with Gasteiger partial charge in [0.25, 0.3) is 15.7 Å². The minimum Gasteiger partial charge on any atom is -0.306 e. The fraction of sp³-hybridized carbons (Fsp3) is 0.333. The fourth-order valence-corrected chi connectivity index (χ4v) is 2.84. The zero-order chi connectivity index (χ0) is 13.6. The molecule has 0 N–H and O–H groups in total. The summed E-state index contributed by atoms with van der Waals surface area (Å²) in [7, 11) is -3.48. The van der Waals surface area contributed by atoms with E-state index in [4.69, 9.17) is 4.18 Å². The van der Waals surface area contributed by atoms with Crippen molar-refractivity contribution >= 4 is 21.2 Å². The molecule has 7 heteroatoms. The smallest absolute Gasteiger partial charge is 0.264 e. The second kappa shape index (κ2) is 4.14. The topological polar surface area (TPSA) is 78.3 Å². The molecule has 0 radical (unpaired) electrons. The van der Waals surface area contributed by atoms with Crippen molar-refractivity contribution in [3.63, 3.8) is 0 Å². The molecule has 6 nitrogen and oxygen atoms in total. The summed E-state index contributed by atoms with van der Waals surface area (Å²) in [5.41, 5.74) is 2.31. The summed E-state index contributed by atoms with van der Waals surface area (Å²) in [6, 6.07) is 4.96. The lowest BCUT2D eigenvalue weighted by Gasteiger charge is -2.09. The fourth-order valence-electron chi connectivity index (χ4n) is 2.43. The van der Waals surface area contributed by atoms with Gasteiger partial charge < -0.3 is 4.57 Å². The first-order valence-electron chi connectivity index (χ1n) is 5.78. The first-order valence-corrected chi connectivity index (χ1v) is 7.60. The number of pyridine rings is 2. The molecule has 2 aromatic rings. The van der Waals surface area contributed by atoms with Gasteiger partial charge in [0, 0.05) is 24.7 Å². The molecule has 0 spiro atoms. The Hall–Kier alpha value is -1.73. The lowest BCUT2D eigenvalue weighted by Crippen LogP contribution is -2.19. The minimum absolute atomic E-state index is 0.0407. The molecule has 3 rings (SSSR count). The van der Waals surface area contributed by atoms with Crippen LogP contribution in [0.2, 0.25) is 0 Å². The van der Waals surface area contributed by atoms with Crippen molar-refractivity contribution in [2.24, 2.45) is 0 Å². The maximum Gasteiger partial charge on any atom is 0.264 e. The van der Waals surface area contributed by atoms with Gasteiger partial charge in [-0.3, -0.25) is 14.0 Å². The molecule has 0 saturated carbocycles. The van der Waals surface area contributed by atoms with E-state index in [2.05, 4.69) is 4.98 Å². The van der Waals surface area contributed by atoms with Crippen LogP contribution in [0.25, 0.3) is 11.0 Å². The van der Waals surface area contributed by atoms with Crippen molar-refractivity contribution in [2.45, 2.75) is 12.5 Å². The van der Waals surface area contributed by atoms with Gasteiger partial charge in [0.05, 0.1) is 23.9 Å². The summed E-state index contributed by atoms with van der Waals surface area (Å²) in [5, 5.41) is 0. The second-order valence-electron chi connectivity index (χ2n) is 4.60. The first kappa shape index (κ1) is 12.3. The highest BCUT2D eigenvalue weighted by atomic mass is 32.2. The number of nitrogens with zero attached hydrogens (tertiary/aromatic N) is 2. The SMILES string of the molecule is CS(=O)(=O)OC[C@@H]1Cn2c(=O)ccc3nccc1c32. The Morgan fingerprint density at radius 3 is 2.95 bits per heavy atom. The Kier molecular flexibility index (Phi) is 2.68. The monoisotopic (exact) mass is 280 g/mol. The number of hydrogen-bond donors (Lipinski definition) is 0. The predicted molar refractivity (Wildman–Crippen MR) is 69.5 cm³/mol. The van der Waals surface area contributed by atoms with Crippen molar-refractivity contribution in [1.82, 2.24) is 9.55 Å². The van der Waals surface area contributed by atoms with Crippen LogP contribution in [-0.2, 0) is 20.8 Å². The molecule has 1 aliphatic rings. The van der Waals surface area contributed by atoms with Gasteiger partial charge >= 0.3 is 0 Å². The maximum atomic E-state index is 11.8. The van der Waals surface area contributed by atoms with Crippen LogP contribution >= 0.6 is 0 Å². The molecule has 1 atom stereocenters. The van der Waals surface area contributed by atoms with Crippen LogP contribution in [-0.4, -0.2) is 30.8 Å². The van der Waals surface area contributed by atoms with Crippen molar-refractivity contribution in [2.75, 3.05) is 12.9 Å². The Bertz CT molecular complexity index is 810. The van der Waals surface area contributed by atoms with Crippen LogP contribution in [0.4, 0.5) is 0 Å².